The maximum absolute atomic E-state index is 13.1. The molecule has 3 aliphatic heterocycles. The lowest BCUT2D eigenvalue weighted by molar-refractivity contribution is -0.148. The number of piperidine rings is 2. The van der Waals surface area contributed by atoms with Gasteiger partial charge in [0.15, 0.2) is 0 Å². The molecule has 6 atom stereocenters. The first-order chi connectivity index (χ1) is 14.7. The minimum Gasteiger partial charge on any atom is -0.340 e. The van der Waals surface area contributed by atoms with Crippen molar-refractivity contribution >= 4 is 46.6 Å². The average Bonchev–Trinajstić information content (AvgIpc) is 2.65. The summed E-state index contributed by atoms with van der Waals surface area (Å²) in [6.45, 7) is 6.10. The Balaban J connectivity index is 1.50. The molecule has 8 nitrogen and oxygen atoms in total. The van der Waals surface area contributed by atoms with Gasteiger partial charge in [-0.3, -0.25) is 24.6 Å². The van der Waals surface area contributed by atoms with Crippen LogP contribution in [0.25, 0.3) is 0 Å². The highest BCUT2D eigenvalue weighted by Crippen LogP contribution is 2.30. The van der Waals surface area contributed by atoms with E-state index in [-0.39, 0.29) is 24.5 Å². The lowest BCUT2D eigenvalue weighted by Gasteiger charge is -2.48. The molecule has 3 saturated heterocycles. The smallest absolute Gasteiger partial charge is 0.229 e. The predicted molar refractivity (Wildman–Crippen MR) is 118 cm³/mol. The molecule has 3 fully saturated rings. The van der Waals surface area contributed by atoms with Crippen molar-refractivity contribution in [3.8, 4) is 0 Å². The summed E-state index contributed by atoms with van der Waals surface area (Å²) in [7, 11) is 0. The molecule has 4 rings (SSSR count). The summed E-state index contributed by atoms with van der Waals surface area (Å²) in [5, 5.41) is 12.7. The van der Waals surface area contributed by atoms with Crippen LogP contribution >= 0.6 is 23.2 Å². The van der Waals surface area contributed by atoms with Crippen LogP contribution in [0.2, 0.25) is 10.0 Å². The zero-order chi connectivity index (χ0) is 22.3. The van der Waals surface area contributed by atoms with E-state index in [4.69, 9.17) is 23.2 Å². The molecule has 1 aromatic rings. The fourth-order valence-electron chi connectivity index (χ4n) is 5.04. The van der Waals surface area contributed by atoms with Crippen LogP contribution in [0.15, 0.2) is 18.2 Å². The maximum atomic E-state index is 13.1. The van der Waals surface area contributed by atoms with Gasteiger partial charge in [0.1, 0.15) is 6.29 Å². The van der Waals surface area contributed by atoms with Gasteiger partial charge in [0.05, 0.1) is 18.0 Å². The van der Waals surface area contributed by atoms with Gasteiger partial charge in [-0.05, 0) is 36.5 Å². The second-order valence-electron chi connectivity index (χ2n) is 9.01. The zero-order valence-corrected chi connectivity index (χ0v) is 19.0. The SMILES string of the molecule is CC1CC(C)CN(C2NC(=O)C3C(NC(=O)CC3C(=O)Nc3cc(Cl)cc(Cl)c3)N2)C1. The number of nitrogens with one attached hydrogen (secondary N) is 4. The Morgan fingerprint density at radius 1 is 1.06 bits per heavy atom. The molecule has 0 aliphatic carbocycles. The second kappa shape index (κ2) is 8.94. The number of nitrogens with zero attached hydrogens (tertiary/aromatic N) is 1. The van der Waals surface area contributed by atoms with Crippen LogP contribution in [0.3, 0.4) is 0 Å². The molecule has 6 unspecified atom stereocenters. The van der Waals surface area contributed by atoms with E-state index in [0.717, 1.165) is 19.5 Å². The van der Waals surface area contributed by atoms with Gasteiger partial charge < -0.3 is 16.0 Å². The van der Waals surface area contributed by atoms with Crippen LogP contribution < -0.4 is 21.3 Å². The number of rotatable bonds is 3. The van der Waals surface area contributed by atoms with Gasteiger partial charge in [-0.15, -0.1) is 0 Å². The van der Waals surface area contributed by atoms with Crippen molar-refractivity contribution in [2.45, 2.75) is 39.1 Å². The Kier molecular flexibility index (Phi) is 6.44. The molecule has 4 N–H and O–H groups in total. The monoisotopic (exact) mass is 467 g/mol. The highest BCUT2D eigenvalue weighted by atomic mass is 35.5. The van der Waals surface area contributed by atoms with Crippen LogP contribution in [0.1, 0.15) is 26.7 Å². The van der Waals surface area contributed by atoms with Gasteiger partial charge in [0.2, 0.25) is 17.7 Å². The van der Waals surface area contributed by atoms with E-state index in [1.165, 1.54) is 0 Å². The normalized spacial score (nSPS) is 33.8. The summed E-state index contributed by atoms with van der Waals surface area (Å²) in [5.41, 5.74) is 0.420. The third-order valence-electron chi connectivity index (χ3n) is 6.16. The van der Waals surface area contributed by atoms with Crippen LogP contribution in [0.5, 0.6) is 0 Å². The highest BCUT2D eigenvalue weighted by molar-refractivity contribution is 6.35. The van der Waals surface area contributed by atoms with Crippen LogP contribution in [0.4, 0.5) is 5.69 Å². The highest BCUT2D eigenvalue weighted by Gasteiger charge is 2.49. The Labute approximate surface area is 191 Å². The molecule has 3 amide bonds. The Bertz CT molecular complexity index is 868. The Morgan fingerprint density at radius 3 is 2.35 bits per heavy atom. The predicted octanol–water partition coefficient (Wildman–Crippen LogP) is 1.99. The van der Waals surface area contributed by atoms with Crippen molar-refractivity contribution in [1.82, 2.24) is 20.9 Å². The van der Waals surface area contributed by atoms with E-state index < -0.39 is 23.9 Å². The van der Waals surface area contributed by atoms with Crippen molar-refractivity contribution in [3.05, 3.63) is 28.2 Å². The quantitative estimate of drug-likeness (QED) is 0.544. The van der Waals surface area contributed by atoms with Gasteiger partial charge in [-0.25, -0.2) is 0 Å². The van der Waals surface area contributed by atoms with Crippen molar-refractivity contribution in [2.75, 3.05) is 18.4 Å². The van der Waals surface area contributed by atoms with Gasteiger partial charge in [-0.1, -0.05) is 37.0 Å². The van der Waals surface area contributed by atoms with Gasteiger partial charge in [-0.2, -0.15) is 0 Å². The first kappa shape index (κ1) is 22.3. The van der Waals surface area contributed by atoms with Crippen LogP contribution in [-0.2, 0) is 14.4 Å². The Morgan fingerprint density at radius 2 is 1.71 bits per heavy atom. The van der Waals surface area contributed by atoms with E-state index in [2.05, 4.69) is 40.0 Å². The summed E-state index contributed by atoms with van der Waals surface area (Å²) in [6, 6.07) is 4.70. The number of carbonyl (C=O) groups excluding carboxylic acids is 3. The molecule has 0 spiro atoms. The third kappa shape index (κ3) is 4.98. The fourth-order valence-corrected chi connectivity index (χ4v) is 5.56. The first-order valence-electron chi connectivity index (χ1n) is 10.6. The lowest BCUT2D eigenvalue weighted by atomic mass is 9.81. The maximum Gasteiger partial charge on any atom is 0.229 e. The number of amides is 3. The summed E-state index contributed by atoms with van der Waals surface area (Å²) < 4.78 is 0. The number of hydrogen-bond acceptors (Lipinski definition) is 5. The van der Waals surface area contributed by atoms with Crippen molar-refractivity contribution < 1.29 is 14.4 Å². The molecule has 168 valence electrons. The minimum atomic E-state index is -0.816. The number of carbonyl (C=O) groups is 3. The largest absolute Gasteiger partial charge is 0.340 e. The topological polar surface area (TPSA) is 103 Å². The number of anilines is 1. The summed E-state index contributed by atoms with van der Waals surface area (Å²) in [5.74, 6) is -1.43. The number of hydrogen-bond donors (Lipinski definition) is 4. The summed E-state index contributed by atoms with van der Waals surface area (Å²) in [6.07, 6.45) is 0.0771. The molecule has 1 aromatic carbocycles. The molecule has 10 heteroatoms. The van der Waals surface area contributed by atoms with E-state index >= 15 is 0 Å². The van der Waals surface area contributed by atoms with Crippen molar-refractivity contribution in [3.63, 3.8) is 0 Å². The van der Waals surface area contributed by atoms with E-state index in [0.29, 0.717) is 27.6 Å². The summed E-state index contributed by atoms with van der Waals surface area (Å²) in [4.78, 5) is 40.6. The van der Waals surface area contributed by atoms with Crippen molar-refractivity contribution in [1.29, 1.82) is 0 Å². The molecular weight excluding hydrogens is 441 g/mol. The van der Waals surface area contributed by atoms with E-state index in [1.807, 2.05) is 0 Å². The third-order valence-corrected chi connectivity index (χ3v) is 6.60. The Hall–Kier alpha value is -1.87. The number of likely N-dealkylation sites (tertiary alicyclic amines) is 1. The molecule has 3 heterocycles. The van der Waals surface area contributed by atoms with Gasteiger partial charge in [0, 0.05) is 35.2 Å². The van der Waals surface area contributed by atoms with Crippen molar-refractivity contribution in [2.24, 2.45) is 23.7 Å². The van der Waals surface area contributed by atoms with Gasteiger partial charge >= 0.3 is 0 Å². The standard InChI is InChI=1S/C21H27Cl2N5O3/c1-10-3-11(2)9-28(8-10)21-26-18-17(20(31)27-21)15(7-16(29)25-18)19(30)24-14-5-12(22)4-13(23)6-14/h4-6,10-11,15,17-18,21,26H,3,7-9H2,1-2H3,(H,24,30)(H,25,29)(H,27,31). The molecule has 0 aromatic heterocycles. The zero-order valence-electron chi connectivity index (χ0n) is 17.5. The number of fused-ring (bicyclic) bond motifs is 1. The number of benzene rings is 1. The molecule has 31 heavy (non-hydrogen) atoms. The minimum absolute atomic E-state index is 0.0706. The molecule has 3 aliphatic rings. The second-order valence-corrected chi connectivity index (χ2v) is 9.88. The van der Waals surface area contributed by atoms with Crippen LogP contribution in [0, 0.1) is 23.7 Å². The van der Waals surface area contributed by atoms with Gasteiger partial charge in [0.25, 0.3) is 0 Å². The van der Waals surface area contributed by atoms with Crippen LogP contribution in [-0.4, -0.2) is 48.2 Å². The molecule has 0 radical (unpaired) electrons. The first-order valence-corrected chi connectivity index (χ1v) is 11.3. The summed E-state index contributed by atoms with van der Waals surface area (Å²) >= 11 is 12.0. The average molecular weight is 468 g/mol. The number of halogens is 2. The van der Waals surface area contributed by atoms with E-state index in [9.17, 15) is 14.4 Å². The molecule has 0 saturated carbocycles. The van der Waals surface area contributed by atoms with E-state index in [1.54, 1.807) is 18.2 Å². The lowest BCUT2D eigenvalue weighted by Crippen LogP contribution is -2.75. The molecule has 0 bridgehead atoms. The molecular formula is C21H27Cl2N5O3. The fraction of sp³-hybridized carbons (Fsp3) is 0.571.